The molecule has 0 radical (unpaired) electrons. The van der Waals surface area contributed by atoms with Crippen LogP contribution in [0.3, 0.4) is 0 Å². The summed E-state index contributed by atoms with van der Waals surface area (Å²) in [5.74, 6) is -0.840. The van der Waals surface area contributed by atoms with Crippen LogP contribution in [0.4, 0.5) is 4.39 Å². The fourth-order valence-electron chi connectivity index (χ4n) is 2.61. The molecular weight excluding hydrogens is 281 g/mol. The van der Waals surface area contributed by atoms with Gasteiger partial charge in [0.2, 0.25) is 0 Å². The maximum absolute atomic E-state index is 13.3. The second kappa shape index (κ2) is 5.25. The lowest BCUT2D eigenvalue weighted by Gasteiger charge is -2.24. The van der Waals surface area contributed by atoms with Gasteiger partial charge in [-0.1, -0.05) is 11.6 Å². The van der Waals surface area contributed by atoms with Gasteiger partial charge in [-0.3, -0.25) is 4.79 Å². The van der Waals surface area contributed by atoms with Gasteiger partial charge < -0.3 is 9.88 Å². The molecular formula is C14H13ClFN3O. The Morgan fingerprint density at radius 2 is 2.40 bits per heavy atom. The number of amides is 1. The first kappa shape index (κ1) is 13.1. The number of aromatic nitrogens is 2. The smallest absolute Gasteiger partial charge is 0.257 e. The first-order chi connectivity index (χ1) is 9.66. The van der Waals surface area contributed by atoms with Gasteiger partial charge in [0.1, 0.15) is 11.0 Å². The van der Waals surface area contributed by atoms with Crippen LogP contribution in [0, 0.1) is 5.82 Å². The number of pyridine rings is 1. The van der Waals surface area contributed by atoms with Crippen LogP contribution in [0.15, 0.2) is 30.6 Å². The van der Waals surface area contributed by atoms with E-state index in [-0.39, 0.29) is 22.7 Å². The third kappa shape index (κ3) is 2.29. The van der Waals surface area contributed by atoms with E-state index in [4.69, 9.17) is 11.6 Å². The predicted octanol–water partition coefficient (Wildman–Crippen LogP) is 3.18. The summed E-state index contributed by atoms with van der Waals surface area (Å²) in [6, 6.07) is 4.97. The number of H-pyrrole nitrogens is 1. The van der Waals surface area contributed by atoms with Crippen molar-refractivity contribution < 1.29 is 9.18 Å². The molecule has 1 saturated heterocycles. The molecule has 1 fully saturated rings. The highest BCUT2D eigenvalue weighted by molar-refractivity contribution is 6.32. The number of likely N-dealkylation sites (tertiary alicyclic amines) is 1. The molecule has 20 heavy (non-hydrogen) atoms. The molecule has 6 heteroatoms. The number of hydrogen-bond acceptors (Lipinski definition) is 2. The summed E-state index contributed by atoms with van der Waals surface area (Å²) in [6.45, 7) is 0.634. The zero-order chi connectivity index (χ0) is 14.1. The molecule has 0 saturated carbocycles. The van der Waals surface area contributed by atoms with E-state index in [0.717, 1.165) is 30.8 Å². The van der Waals surface area contributed by atoms with Gasteiger partial charge in [0.25, 0.3) is 5.91 Å². The SMILES string of the molecule is O=C(c1cc(F)cnc1Cl)N1CCCC1c1ccc[nH]1. The van der Waals surface area contributed by atoms with E-state index < -0.39 is 5.82 Å². The van der Waals surface area contributed by atoms with Crippen LogP contribution >= 0.6 is 11.6 Å². The Labute approximate surface area is 120 Å². The van der Waals surface area contributed by atoms with Crippen molar-refractivity contribution in [3.05, 3.63) is 52.8 Å². The minimum Gasteiger partial charge on any atom is -0.363 e. The van der Waals surface area contributed by atoms with Crippen LogP contribution in [0.1, 0.15) is 34.9 Å². The van der Waals surface area contributed by atoms with E-state index in [2.05, 4.69) is 9.97 Å². The summed E-state index contributed by atoms with van der Waals surface area (Å²) in [6.07, 6.45) is 4.63. The monoisotopic (exact) mass is 293 g/mol. The van der Waals surface area contributed by atoms with Gasteiger partial charge in [0.15, 0.2) is 0 Å². The molecule has 1 N–H and O–H groups in total. The van der Waals surface area contributed by atoms with Crippen molar-refractivity contribution in [2.45, 2.75) is 18.9 Å². The topological polar surface area (TPSA) is 49.0 Å². The average Bonchev–Trinajstić information content (AvgIpc) is 3.10. The molecule has 1 amide bonds. The molecule has 2 aromatic rings. The summed E-state index contributed by atoms with van der Waals surface area (Å²) in [5, 5.41) is 0.0357. The van der Waals surface area contributed by atoms with Gasteiger partial charge in [-0.05, 0) is 31.0 Å². The number of carbonyl (C=O) groups is 1. The highest BCUT2D eigenvalue weighted by Crippen LogP contribution is 2.33. The van der Waals surface area contributed by atoms with Gasteiger partial charge in [0, 0.05) is 18.4 Å². The molecule has 104 valence electrons. The third-order valence-corrected chi connectivity index (χ3v) is 3.83. The number of halogens is 2. The van der Waals surface area contributed by atoms with Crippen LogP contribution in [0.2, 0.25) is 5.15 Å². The summed E-state index contributed by atoms with van der Waals surface area (Å²) >= 11 is 5.91. The summed E-state index contributed by atoms with van der Waals surface area (Å²) in [7, 11) is 0. The zero-order valence-corrected chi connectivity index (χ0v) is 11.4. The molecule has 1 aliphatic heterocycles. The first-order valence-electron chi connectivity index (χ1n) is 6.42. The lowest BCUT2D eigenvalue weighted by Crippen LogP contribution is -2.31. The van der Waals surface area contributed by atoms with Crippen LogP contribution in [-0.2, 0) is 0 Å². The van der Waals surface area contributed by atoms with E-state index in [1.807, 2.05) is 18.3 Å². The van der Waals surface area contributed by atoms with E-state index in [1.54, 1.807) is 4.90 Å². The predicted molar refractivity (Wildman–Crippen MR) is 73.0 cm³/mol. The van der Waals surface area contributed by atoms with Gasteiger partial charge in [0.05, 0.1) is 17.8 Å². The molecule has 4 nitrogen and oxygen atoms in total. The van der Waals surface area contributed by atoms with Crippen LogP contribution in [-0.4, -0.2) is 27.3 Å². The Kier molecular flexibility index (Phi) is 3.44. The molecule has 1 atom stereocenters. The Hall–Kier alpha value is -1.88. The standard InChI is InChI=1S/C14H13ClFN3O/c15-13-10(7-9(16)8-18-13)14(20)19-6-2-4-12(19)11-3-1-5-17-11/h1,3,5,7-8,12,17H,2,4,6H2. The van der Waals surface area contributed by atoms with Crippen molar-refractivity contribution >= 4 is 17.5 Å². The van der Waals surface area contributed by atoms with Gasteiger partial charge in [-0.25, -0.2) is 9.37 Å². The highest BCUT2D eigenvalue weighted by Gasteiger charge is 2.32. The van der Waals surface area contributed by atoms with Gasteiger partial charge in [-0.15, -0.1) is 0 Å². The maximum atomic E-state index is 13.3. The number of hydrogen-bond donors (Lipinski definition) is 1. The molecule has 3 rings (SSSR count). The molecule has 0 aromatic carbocycles. The zero-order valence-electron chi connectivity index (χ0n) is 10.6. The Morgan fingerprint density at radius 3 is 3.15 bits per heavy atom. The Morgan fingerprint density at radius 1 is 1.55 bits per heavy atom. The number of carbonyl (C=O) groups excluding carboxylic acids is 1. The first-order valence-corrected chi connectivity index (χ1v) is 6.80. The summed E-state index contributed by atoms with van der Waals surface area (Å²) in [4.78, 5) is 21.1. The van der Waals surface area contributed by atoms with Crippen LogP contribution in [0.5, 0.6) is 0 Å². The van der Waals surface area contributed by atoms with Crippen LogP contribution < -0.4 is 0 Å². The number of rotatable bonds is 2. The molecule has 3 heterocycles. The van der Waals surface area contributed by atoms with E-state index in [0.29, 0.717) is 6.54 Å². The quantitative estimate of drug-likeness (QED) is 0.865. The largest absolute Gasteiger partial charge is 0.363 e. The maximum Gasteiger partial charge on any atom is 0.257 e. The lowest BCUT2D eigenvalue weighted by atomic mass is 10.1. The van der Waals surface area contributed by atoms with Gasteiger partial charge >= 0.3 is 0 Å². The van der Waals surface area contributed by atoms with Crippen molar-refractivity contribution in [3.8, 4) is 0 Å². The fourth-order valence-corrected chi connectivity index (χ4v) is 2.80. The van der Waals surface area contributed by atoms with Crippen molar-refractivity contribution in [2.24, 2.45) is 0 Å². The third-order valence-electron chi connectivity index (χ3n) is 3.53. The molecule has 0 aliphatic carbocycles. The Bertz CT molecular complexity index is 629. The molecule has 1 aliphatic rings. The molecule has 1 unspecified atom stereocenters. The number of aromatic amines is 1. The lowest BCUT2D eigenvalue weighted by molar-refractivity contribution is 0.0732. The number of nitrogens with zero attached hydrogens (tertiary/aromatic N) is 2. The highest BCUT2D eigenvalue weighted by atomic mass is 35.5. The number of nitrogens with one attached hydrogen (secondary N) is 1. The minimum absolute atomic E-state index is 0.0168. The molecule has 2 aromatic heterocycles. The van der Waals surface area contributed by atoms with E-state index in [9.17, 15) is 9.18 Å². The van der Waals surface area contributed by atoms with E-state index >= 15 is 0 Å². The summed E-state index contributed by atoms with van der Waals surface area (Å²) in [5.41, 5.74) is 1.10. The van der Waals surface area contributed by atoms with Crippen molar-refractivity contribution in [1.29, 1.82) is 0 Å². The molecule has 0 spiro atoms. The van der Waals surface area contributed by atoms with Crippen molar-refractivity contribution in [2.75, 3.05) is 6.54 Å². The summed E-state index contributed by atoms with van der Waals surface area (Å²) < 4.78 is 13.3. The van der Waals surface area contributed by atoms with Crippen LogP contribution in [0.25, 0.3) is 0 Å². The fraction of sp³-hybridized carbons (Fsp3) is 0.286. The molecule has 0 bridgehead atoms. The van der Waals surface area contributed by atoms with Gasteiger partial charge in [-0.2, -0.15) is 0 Å². The second-order valence-corrected chi connectivity index (χ2v) is 5.13. The Balaban J connectivity index is 1.91. The van der Waals surface area contributed by atoms with E-state index in [1.165, 1.54) is 0 Å². The minimum atomic E-state index is -0.562. The van der Waals surface area contributed by atoms with Crippen molar-refractivity contribution in [1.82, 2.24) is 14.9 Å². The normalized spacial score (nSPS) is 18.5. The van der Waals surface area contributed by atoms with Crippen molar-refractivity contribution in [3.63, 3.8) is 0 Å². The second-order valence-electron chi connectivity index (χ2n) is 4.77. The average molecular weight is 294 g/mol.